The van der Waals surface area contributed by atoms with Crippen LogP contribution in [0.3, 0.4) is 0 Å². The van der Waals surface area contributed by atoms with Crippen LogP contribution in [0.2, 0.25) is 0 Å². The van der Waals surface area contributed by atoms with Gasteiger partial charge in [0.15, 0.2) is 6.61 Å². The van der Waals surface area contributed by atoms with Gasteiger partial charge in [0.2, 0.25) is 5.91 Å². The average molecular weight is 490 g/mol. The molecule has 2 aromatic carbocycles. The summed E-state index contributed by atoms with van der Waals surface area (Å²) in [5.74, 6) is -0.843. The molecule has 2 aromatic rings. The summed E-state index contributed by atoms with van der Waals surface area (Å²) in [6.07, 6.45) is -3.51. The molecule has 0 aliphatic heterocycles. The van der Waals surface area contributed by atoms with E-state index in [0.717, 1.165) is 0 Å². The first-order valence-corrected chi connectivity index (χ1v) is 9.98. The Labute approximate surface area is 179 Å². The molecule has 30 heavy (non-hydrogen) atoms. The number of carbonyl (C=O) groups is 1. The maximum atomic E-state index is 13.1. The molecule has 0 saturated heterocycles. The molecule has 2 N–H and O–H groups in total. The lowest BCUT2D eigenvalue weighted by Gasteiger charge is -2.26. The van der Waals surface area contributed by atoms with Crippen molar-refractivity contribution in [1.29, 1.82) is 0 Å². The van der Waals surface area contributed by atoms with Crippen molar-refractivity contribution in [3.63, 3.8) is 0 Å². The molecule has 0 radical (unpaired) electrons. The van der Waals surface area contributed by atoms with E-state index in [9.17, 15) is 27.5 Å². The van der Waals surface area contributed by atoms with E-state index in [-0.39, 0.29) is 12.2 Å². The smallest absolute Gasteiger partial charge is 0.422 e. The Bertz CT molecular complexity index is 925. The number of hydrogen-bond donors (Lipinski definition) is 2. The number of rotatable bonds is 7. The van der Waals surface area contributed by atoms with Gasteiger partial charge in [-0.05, 0) is 61.2 Å². The Morgan fingerprint density at radius 1 is 1.20 bits per heavy atom. The zero-order chi connectivity index (χ0) is 22.2. The monoisotopic (exact) mass is 489 g/mol. The average Bonchev–Trinajstić information content (AvgIpc) is 3.39. The summed E-state index contributed by atoms with van der Waals surface area (Å²) in [6.45, 7) is 0.0460. The van der Waals surface area contributed by atoms with Crippen molar-refractivity contribution in [1.82, 2.24) is 5.32 Å². The van der Waals surface area contributed by atoms with Gasteiger partial charge < -0.3 is 15.2 Å². The van der Waals surface area contributed by atoms with Crippen LogP contribution in [0.1, 0.15) is 37.3 Å². The molecule has 1 aliphatic carbocycles. The molecule has 1 saturated carbocycles. The molecule has 1 fully saturated rings. The van der Waals surface area contributed by atoms with Gasteiger partial charge in [-0.2, -0.15) is 13.2 Å². The van der Waals surface area contributed by atoms with Gasteiger partial charge in [0.1, 0.15) is 11.6 Å². The van der Waals surface area contributed by atoms with E-state index >= 15 is 0 Å². The maximum Gasteiger partial charge on any atom is 0.422 e. The molecule has 0 aromatic heterocycles. The summed E-state index contributed by atoms with van der Waals surface area (Å²) in [7, 11) is 0. The summed E-state index contributed by atoms with van der Waals surface area (Å²) >= 11 is 3.26. The van der Waals surface area contributed by atoms with E-state index in [1.807, 2.05) is 0 Å². The standard InChI is InChI=1S/C21H20BrF4NO3/c1-19(29,13-2-4-16(23)5-3-13)11-18(28)27-20(6-7-20)14-8-15(22)10-17(9-14)30-12-21(24,25)26/h2-5,8-10,29H,6-7,11-12H2,1H3,(H,27,28). The fourth-order valence-corrected chi connectivity index (χ4v) is 3.71. The number of ether oxygens (including phenoxy) is 1. The van der Waals surface area contributed by atoms with Gasteiger partial charge >= 0.3 is 6.18 Å². The second-order valence-electron chi connectivity index (χ2n) is 7.67. The Balaban J connectivity index is 1.71. The van der Waals surface area contributed by atoms with Gasteiger partial charge in [0.05, 0.1) is 17.6 Å². The lowest BCUT2D eigenvalue weighted by molar-refractivity contribution is -0.153. The van der Waals surface area contributed by atoms with Crippen molar-refractivity contribution in [2.45, 2.75) is 43.5 Å². The van der Waals surface area contributed by atoms with Gasteiger partial charge in [-0.25, -0.2) is 4.39 Å². The number of amides is 1. The molecule has 3 rings (SSSR count). The van der Waals surface area contributed by atoms with Crippen molar-refractivity contribution in [2.24, 2.45) is 0 Å². The normalized spacial score (nSPS) is 17.2. The highest BCUT2D eigenvalue weighted by atomic mass is 79.9. The summed E-state index contributed by atoms with van der Waals surface area (Å²) in [6, 6.07) is 9.84. The maximum absolute atomic E-state index is 13.1. The van der Waals surface area contributed by atoms with Crippen molar-refractivity contribution in [2.75, 3.05) is 6.61 Å². The zero-order valence-corrected chi connectivity index (χ0v) is 17.6. The predicted molar refractivity (Wildman–Crippen MR) is 105 cm³/mol. The molecule has 1 unspecified atom stereocenters. The Morgan fingerprint density at radius 3 is 2.40 bits per heavy atom. The zero-order valence-electron chi connectivity index (χ0n) is 16.0. The third-order valence-corrected chi connectivity index (χ3v) is 5.38. The van der Waals surface area contributed by atoms with Crippen molar-refractivity contribution in [3.8, 4) is 5.75 Å². The van der Waals surface area contributed by atoms with Crippen molar-refractivity contribution >= 4 is 21.8 Å². The van der Waals surface area contributed by atoms with Crippen LogP contribution in [0.4, 0.5) is 17.6 Å². The van der Waals surface area contributed by atoms with Crippen LogP contribution in [0.5, 0.6) is 5.75 Å². The van der Waals surface area contributed by atoms with E-state index < -0.39 is 35.6 Å². The third kappa shape index (κ3) is 5.72. The quantitative estimate of drug-likeness (QED) is 0.542. The molecule has 0 heterocycles. The molecule has 1 aliphatic rings. The molecule has 0 spiro atoms. The molecule has 162 valence electrons. The van der Waals surface area contributed by atoms with E-state index in [1.54, 1.807) is 6.07 Å². The van der Waals surface area contributed by atoms with Crippen LogP contribution in [0.25, 0.3) is 0 Å². The molecule has 0 bridgehead atoms. The summed E-state index contributed by atoms with van der Waals surface area (Å²) in [5.41, 5.74) is -1.22. The second-order valence-corrected chi connectivity index (χ2v) is 8.58. The Morgan fingerprint density at radius 2 is 1.83 bits per heavy atom. The van der Waals surface area contributed by atoms with Crippen LogP contribution in [-0.2, 0) is 15.9 Å². The minimum Gasteiger partial charge on any atom is -0.484 e. The number of halogens is 5. The fourth-order valence-electron chi connectivity index (χ4n) is 3.23. The van der Waals surface area contributed by atoms with Crippen LogP contribution < -0.4 is 10.1 Å². The van der Waals surface area contributed by atoms with Gasteiger partial charge in [-0.3, -0.25) is 4.79 Å². The van der Waals surface area contributed by atoms with Gasteiger partial charge in [-0.1, -0.05) is 28.1 Å². The summed E-state index contributed by atoms with van der Waals surface area (Å²) in [4.78, 5) is 12.6. The SMILES string of the molecule is CC(O)(CC(=O)NC1(c2cc(Br)cc(OCC(F)(F)F)c2)CC1)c1ccc(F)cc1. The predicted octanol–water partition coefficient (Wildman–Crippen LogP) is 4.93. The van der Waals surface area contributed by atoms with Crippen LogP contribution in [0, 0.1) is 5.82 Å². The minimum absolute atomic E-state index is 0.0375. The second kappa shape index (κ2) is 8.19. The van der Waals surface area contributed by atoms with Gasteiger partial charge in [0, 0.05) is 4.47 Å². The van der Waals surface area contributed by atoms with E-state index in [2.05, 4.69) is 21.2 Å². The first kappa shape index (κ1) is 22.6. The highest BCUT2D eigenvalue weighted by Gasteiger charge is 2.46. The number of aliphatic hydroxyl groups is 1. The van der Waals surface area contributed by atoms with E-state index in [1.165, 1.54) is 43.3 Å². The number of nitrogens with one attached hydrogen (secondary N) is 1. The molecular formula is C21H20BrF4NO3. The molecule has 1 atom stereocenters. The van der Waals surface area contributed by atoms with Crippen LogP contribution >= 0.6 is 15.9 Å². The first-order chi connectivity index (χ1) is 13.9. The topological polar surface area (TPSA) is 58.6 Å². The van der Waals surface area contributed by atoms with Gasteiger partial charge in [-0.15, -0.1) is 0 Å². The third-order valence-electron chi connectivity index (χ3n) is 4.93. The van der Waals surface area contributed by atoms with Crippen molar-refractivity contribution in [3.05, 3.63) is 63.9 Å². The Hall–Kier alpha value is -2.13. The number of hydrogen-bond acceptors (Lipinski definition) is 3. The first-order valence-electron chi connectivity index (χ1n) is 9.19. The highest BCUT2D eigenvalue weighted by molar-refractivity contribution is 9.10. The largest absolute Gasteiger partial charge is 0.484 e. The lowest BCUT2D eigenvalue weighted by atomic mass is 9.92. The number of benzene rings is 2. The molecule has 1 amide bonds. The van der Waals surface area contributed by atoms with Crippen molar-refractivity contribution < 1.29 is 32.2 Å². The number of alkyl halides is 3. The van der Waals surface area contributed by atoms with E-state index in [0.29, 0.717) is 28.4 Å². The number of carbonyl (C=O) groups excluding carboxylic acids is 1. The summed E-state index contributed by atoms with van der Waals surface area (Å²) < 4.78 is 55.8. The highest BCUT2D eigenvalue weighted by Crippen LogP contribution is 2.47. The fraction of sp³-hybridized carbons (Fsp3) is 0.381. The van der Waals surface area contributed by atoms with E-state index in [4.69, 9.17) is 4.74 Å². The Kier molecular flexibility index (Phi) is 6.15. The molecule has 4 nitrogen and oxygen atoms in total. The molecule has 9 heteroatoms. The minimum atomic E-state index is -4.46. The van der Waals surface area contributed by atoms with Crippen LogP contribution in [-0.4, -0.2) is 23.8 Å². The lowest BCUT2D eigenvalue weighted by Crippen LogP contribution is -2.39. The molecular weight excluding hydrogens is 470 g/mol. The van der Waals surface area contributed by atoms with Gasteiger partial charge in [0.25, 0.3) is 0 Å². The summed E-state index contributed by atoms with van der Waals surface area (Å²) in [5, 5.41) is 13.5. The van der Waals surface area contributed by atoms with Crippen LogP contribution in [0.15, 0.2) is 46.9 Å².